The van der Waals surface area contributed by atoms with E-state index in [1.54, 1.807) is 12.1 Å². The molecule has 1 amide bonds. The second-order valence-electron chi connectivity index (χ2n) is 1.88. The largest absolute Gasteiger partial charge is 0.507 e. The molecule has 0 aliphatic carbocycles. The number of carbonyl (C=O) groups excluding carboxylic acids is 1. The second kappa shape index (κ2) is 4.09. The molecule has 3 N–H and O–H groups in total. The zero-order chi connectivity index (χ0) is 7.56. The van der Waals surface area contributed by atoms with E-state index in [0.717, 1.165) is 0 Å². The van der Waals surface area contributed by atoms with Crippen molar-refractivity contribution >= 4 is 5.91 Å². The molecular weight excluding hydrogens is 195 g/mol. The van der Waals surface area contributed by atoms with Crippen molar-refractivity contribution in [3.05, 3.63) is 29.8 Å². The van der Waals surface area contributed by atoms with Crippen molar-refractivity contribution in [3.63, 3.8) is 0 Å². The maximum Gasteiger partial charge on any atom is 0.252 e. The molecule has 0 heterocycles. The Morgan fingerprint density at radius 1 is 1.36 bits per heavy atom. The Labute approximate surface area is 77.0 Å². The van der Waals surface area contributed by atoms with E-state index in [4.69, 9.17) is 10.8 Å². The summed E-state index contributed by atoms with van der Waals surface area (Å²) >= 11 is 0. The third-order valence-electron chi connectivity index (χ3n) is 1.17. The minimum atomic E-state index is -0.613. The number of amides is 1. The average Bonchev–Trinajstić information content (AvgIpc) is 1.88. The van der Waals surface area contributed by atoms with Crippen LogP contribution in [-0.4, -0.2) is 11.0 Å². The number of para-hydroxylation sites is 1. The third-order valence-corrected chi connectivity index (χ3v) is 1.17. The Morgan fingerprint density at radius 2 is 1.91 bits per heavy atom. The molecule has 54 valence electrons. The van der Waals surface area contributed by atoms with Crippen molar-refractivity contribution in [2.75, 3.05) is 0 Å². The van der Waals surface area contributed by atoms with Gasteiger partial charge in [0.05, 0.1) is 5.56 Å². The molecule has 0 bridgehead atoms. The van der Waals surface area contributed by atoms with Crippen molar-refractivity contribution < 1.29 is 29.4 Å². The standard InChI is InChI=1S/C7H7NO2.Zn/c8-7(10)5-3-1-2-4-6(5)9;/h1-4,9H,(H2,8,10);. The Morgan fingerprint density at radius 3 is 2.27 bits per heavy atom. The van der Waals surface area contributed by atoms with Crippen LogP contribution in [0.3, 0.4) is 0 Å². The number of benzene rings is 1. The topological polar surface area (TPSA) is 63.3 Å². The molecule has 1 aromatic carbocycles. The van der Waals surface area contributed by atoms with E-state index in [9.17, 15) is 4.79 Å². The van der Waals surface area contributed by atoms with Crippen molar-refractivity contribution in [1.82, 2.24) is 0 Å². The summed E-state index contributed by atoms with van der Waals surface area (Å²) in [5, 5.41) is 8.98. The van der Waals surface area contributed by atoms with Gasteiger partial charge in [-0.1, -0.05) is 12.1 Å². The molecule has 0 aromatic heterocycles. The Bertz CT molecular complexity index is 262. The van der Waals surface area contributed by atoms with Crippen LogP contribution in [0.1, 0.15) is 10.4 Å². The van der Waals surface area contributed by atoms with Crippen LogP contribution in [0.2, 0.25) is 0 Å². The van der Waals surface area contributed by atoms with Gasteiger partial charge in [0.2, 0.25) is 0 Å². The molecule has 11 heavy (non-hydrogen) atoms. The van der Waals surface area contributed by atoms with Gasteiger partial charge in [-0.05, 0) is 12.1 Å². The van der Waals surface area contributed by atoms with E-state index in [0.29, 0.717) is 0 Å². The molecule has 0 spiro atoms. The minimum Gasteiger partial charge on any atom is -0.507 e. The summed E-state index contributed by atoms with van der Waals surface area (Å²) in [4.78, 5) is 10.5. The van der Waals surface area contributed by atoms with Crippen LogP contribution in [-0.2, 0) is 19.5 Å². The van der Waals surface area contributed by atoms with Gasteiger partial charge in [0, 0.05) is 19.5 Å². The van der Waals surface area contributed by atoms with E-state index in [1.807, 2.05) is 0 Å². The maximum absolute atomic E-state index is 10.5. The smallest absolute Gasteiger partial charge is 0.252 e. The number of hydrogen-bond acceptors (Lipinski definition) is 2. The molecule has 0 aliphatic rings. The number of phenols is 1. The van der Waals surface area contributed by atoms with Gasteiger partial charge in [0.1, 0.15) is 5.75 Å². The SMILES string of the molecule is NC(=O)c1ccccc1O.[Zn]. The first-order valence-corrected chi connectivity index (χ1v) is 2.79. The van der Waals surface area contributed by atoms with E-state index < -0.39 is 5.91 Å². The maximum atomic E-state index is 10.5. The molecule has 0 saturated carbocycles. The first-order chi connectivity index (χ1) is 4.72. The predicted molar refractivity (Wildman–Crippen MR) is 36.6 cm³/mol. The van der Waals surface area contributed by atoms with Crippen LogP contribution in [0.4, 0.5) is 0 Å². The van der Waals surface area contributed by atoms with Crippen LogP contribution >= 0.6 is 0 Å². The molecule has 1 aromatic rings. The molecule has 0 saturated heterocycles. The number of rotatable bonds is 1. The van der Waals surface area contributed by atoms with Crippen LogP contribution in [0.15, 0.2) is 24.3 Å². The zero-order valence-corrected chi connectivity index (χ0v) is 8.92. The fourth-order valence-corrected chi connectivity index (χ4v) is 0.682. The van der Waals surface area contributed by atoms with Gasteiger partial charge in [-0.3, -0.25) is 4.79 Å². The number of hydrogen-bond donors (Lipinski definition) is 2. The van der Waals surface area contributed by atoms with Gasteiger partial charge in [-0.2, -0.15) is 0 Å². The van der Waals surface area contributed by atoms with E-state index in [1.165, 1.54) is 12.1 Å². The summed E-state index contributed by atoms with van der Waals surface area (Å²) in [6.07, 6.45) is 0. The van der Waals surface area contributed by atoms with Crippen LogP contribution in [0.5, 0.6) is 5.75 Å². The normalized spacial score (nSPS) is 8.36. The summed E-state index contributed by atoms with van der Waals surface area (Å²) in [6, 6.07) is 6.15. The zero-order valence-electron chi connectivity index (χ0n) is 5.95. The molecule has 1 rings (SSSR count). The Balaban J connectivity index is 0.000001000. The molecule has 0 radical (unpaired) electrons. The molecule has 0 unspecified atom stereocenters. The quantitative estimate of drug-likeness (QED) is 0.651. The van der Waals surface area contributed by atoms with E-state index in [-0.39, 0.29) is 30.8 Å². The van der Waals surface area contributed by atoms with Crippen molar-refractivity contribution in [1.29, 1.82) is 0 Å². The number of aromatic hydroxyl groups is 1. The van der Waals surface area contributed by atoms with Crippen LogP contribution in [0, 0.1) is 0 Å². The van der Waals surface area contributed by atoms with Gasteiger partial charge in [-0.15, -0.1) is 0 Å². The third kappa shape index (κ3) is 2.32. The van der Waals surface area contributed by atoms with Gasteiger partial charge >= 0.3 is 0 Å². The molecule has 0 aliphatic heterocycles. The van der Waals surface area contributed by atoms with Gasteiger partial charge < -0.3 is 10.8 Å². The van der Waals surface area contributed by atoms with Gasteiger partial charge in [0.25, 0.3) is 5.91 Å². The molecule has 4 heteroatoms. The molecular formula is C7H7NO2Zn. The second-order valence-corrected chi connectivity index (χ2v) is 1.88. The average molecular weight is 203 g/mol. The molecule has 0 fully saturated rings. The van der Waals surface area contributed by atoms with Crippen LogP contribution < -0.4 is 5.73 Å². The molecule has 3 nitrogen and oxygen atoms in total. The monoisotopic (exact) mass is 201 g/mol. The summed E-state index contributed by atoms with van der Waals surface area (Å²) < 4.78 is 0. The fraction of sp³-hybridized carbons (Fsp3) is 0. The summed E-state index contributed by atoms with van der Waals surface area (Å²) in [7, 11) is 0. The Kier molecular flexibility index (Phi) is 3.76. The predicted octanol–water partition coefficient (Wildman–Crippen LogP) is 0.489. The minimum absolute atomic E-state index is 0. The summed E-state index contributed by atoms with van der Waals surface area (Å²) in [5.74, 6) is -0.687. The number of primary amides is 1. The van der Waals surface area contributed by atoms with E-state index in [2.05, 4.69) is 0 Å². The number of nitrogens with two attached hydrogens (primary N) is 1. The van der Waals surface area contributed by atoms with Crippen molar-refractivity contribution in [2.45, 2.75) is 0 Å². The Hall–Kier alpha value is -0.887. The molecule has 0 atom stereocenters. The van der Waals surface area contributed by atoms with Gasteiger partial charge in [-0.25, -0.2) is 0 Å². The summed E-state index contributed by atoms with van der Waals surface area (Å²) in [5.41, 5.74) is 5.07. The van der Waals surface area contributed by atoms with Crippen molar-refractivity contribution in [2.24, 2.45) is 5.73 Å². The number of carbonyl (C=O) groups is 1. The van der Waals surface area contributed by atoms with Crippen LogP contribution in [0.25, 0.3) is 0 Å². The van der Waals surface area contributed by atoms with E-state index >= 15 is 0 Å². The van der Waals surface area contributed by atoms with Crippen molar-refractivity contribution in [3.8, 4) is 5.75 Å². The first-order valence-electron chi connectivity index (χ1n) is 2.79. The fourth-order valence-electron chi connectivity index (χ4n) is 0.682. The van der Waals surface area contributed by atoms with Gasteiger partial charge in [0.15, 0.2) is 0 Å². The first kappa shape index (κ1) is 10.1. The summed E-state index contributed by atoms with van der Waals surface area (Å²) in [6.45, 7) is 0.